The second-order valence-electron chi connectivity index (χ2n) is 5.26. The molecule has 0 saturated carbocycles. The van der Waals surface area contributed by atoms with E-state index in [4.69, 9.17) is 20.6 Å². The Morgan fingerprint density at radius 1 is 1.35 bits per heavy atom. The maximum absolute atomic E-state index is 11.6. The van der Waals surface area contributed by atoms with Gasteiger partial charge in [0, 0.05) is 14.0 Å². The summed E-state index contributed by atoms with van der Waals surface area (Å²) in [5.41, 5.74) is -0.0800. The Bertz CT molecular complexity index is 631. The van der Waals surface area contributed by atoms with Crippen molar-refractivity contribution in [2.45, 2.75) is 31.3 Å². The average molecular weight is 316 g/mol. The molecule has 122 valence electrons. The van der Waals surface area contributed by atoms with E-state index in [-0.39, 0.29) is 5.76 Å². The molecular formula is C18H20O5. The van der Waals surface area contributed by atoms with Gasteiger partial charge in [-0.15, -0.1) is 6.42 Å². The fraction of sp³-hybridized carbons (Fsp3) is 0.389. The van der Waals surface area contributed by atoms with Gasteiger partial charge in [-0.3, -0.25) is 4.74 Å². The van der Waals surface area contributed by atoms with Crippen molar-refractivity contribution in [3.8, 4) is 12.3 Å². The summed E-state index contributed by atoms with van der Waals surface area (Å²) in [6.07, 6.45) is 8.02. The normalized spacial score (nSPS) is 28.2. The molecule has 2 atom stereocenters. The predicted octanol–water partition coefficient (Wildman–Crippen LogP) is 2.42. The third-order valence-corrected chi connectivity index (χ3v) is 3.72. The molecular weight excluding hydrogens is 296 g/mol. The van der Waals surface area contributed by atoms with Gasteiger partial charge in [-0.1, -0.05) is 36.3 Å². The van der Waals surface area contributed by atoms with Crippen molar-refractivity contribution < 1.29 is 23.7 Å². The minimum Gasteiger partial charge on any atom is -0.466 e. The monoisotopic (exact) mass is 316 g/mol. The van der Waals surface area contributed by atoms with Crippen molar-refractivity contribution >= 4 is 5.97 Å². The van der Waals surface area contributed by atoms with Gasteiger partial charge in [-0.05, 0) is 18.4 Å². The van der Waals surface area contributed by atoms with Crippen molar-refractivity contribution in [2.75, 3.05) is 14.2 Å². The van der Waals surface area contributed by atoms with Crippen LogP contribution in [0.15, 0.2) is 42.2 Å². The molecule has 0 N–H and O–H groups in total. The van der Waals surface area contributed by atoms with E-state index in [1.165, 1.54) is 20.3 Å². The van der Waals surface area contributed by atoms with Gasteiger partial charge in [-0.2, -0.15) is 0 Å². The van der Waals surface area contributed by atoms with Crippen LogP contribution in [-0.2, 0) is 30.2 Å². The molecule has 0 aromatic heterocycles. The van der Waals surface area contributed by atoms with Crippen LogP contribution in [0.1, 0.15) is 18.9 Å². The van der Waals surface area contributed by atoms with Gasteiger partial charge in [0.2, 0.25) is 0 Å². The van der Waals surface area contributed by atoms with Crippen LogP contribution in [-0.4, -0.2) is 31.8 Å². The molecule has 1 aliphatic heterocycles. The predicted molar refractivity (Wildman–Crippen MR) is 84.0 cm³/mol. The molecule has 1 aromatic carbocycles. The highest BCUT2D eigenvalue weighted by Crippen LogP contribution is 2.42. The van der Waals surface area contributed by atoms with Crippen molar-refractivity contribution in [2.24, 2.45) is 0 Å². The van der Waals surface area contributed by atoms with Crippen LogP contribution < -0.4 is 0 Å². The highest BCUT2D eigenvalue weighted by Gasteiger charge is 2.52. The summed E-state index contributed by atoms with van der Waals surface area (Å²) < 4.78 is 21.4. The van der Waals surface area contributed by atoms with Crippen LogP contribution in [0.2, 0.25) is 0 Å². The largest absolute Gasteiger partial charge is 0.466 e. The van der Waals surface area contributed by atoms with E-state index in [1.54, 1.807) is 6.92 Å². The minimum atomic E-state index is -1.34. The van der Waals surface area contributed by atoms with Crippen LogP contribution in [0.4, 0.5) is 0 Å². The van der Waals surface area contributed by atoms with Gasteiger partial charge in [0.1, 0.15) is 0 Å². The third-order valence-electron chi connectivity index (χ3n) is 3.72. The first kappa shape index (κ1) is 17.1. The number of hydrogen-bond acceptors (Lipinski definition) is 5. The summed E-state index contributed by atoms with van der Waals surface area (Å²) >= 11 is 0. The zero-order chi connectivity index (χ0) is 16.9. The molecule has 2 rings (SSSR count). The lowest BCUT2D eigenvalue weighted by Gasteiger charge is -2.24. The van der Waals surface area contributed by atoms with Crippen LogP contribution in [0.5, 0.6) is 0 Å². The molecule has 0 aliphatic carbocycles. The SMILES string of the molecule is C#CC1(CCc2ccccc2)OC(C)(OC)O/C1=C/C(=O)OC. The van der Waals surface area contributed by atoms with Gasteiger partial charge in [0.15, 0.2) is 11.4 Å². The summed E-state index contributed by atoms with van der Waals surface area (Å²) in [5.74, 6) is 0.918. The maximum atomic E-state index is 11.6. The molecule has 0 amide bonds. The molecule has 1 aliphatic rings. The van der Waals surface area contributed by atoms with E-state index in [0.29, 0.717) is 12.8 Å². The smallest absolute Gasteiger partial charge is 0.334 e. The lowest BCUT2D eigenvalue weighted by atomic mass is 9.93. The standard InChI is InChI=1S/C18H20O5/c1-5-18(12-11-14-9-7-6-8-10-14)15(13-16(19)20-3)22-17(2,21-4)23-18/h1,6-10,13H,11-12H2,2-4H3/b15-13+. The Morgan fingerprint density at radius 3 is 2.61 bits per heavy atom. The summed E-state index contributed by atoms with van der Waals surface area (Å²) in [5, 5.41) is 0. The molecule has 23 heavy (non-hydrogen) atoms. The Hall–Kier alpha value is -2.29. The molecule has 0 radical (unpaired) electrons. The number of carbonyl (C=O) groups excluding carboxylic acids is 1. The second-order valence-corrected chi connectivity index (χ2v) is 5.26. The van der Waals surface area contributed by atoms with Gasteiger partial charge < -0.3 is 14.2 Å². The molecule has 1 fully saturated rings. The van der Waals surface area contributed by atoms with Crippen molar-refractivity contribution in [1.29, 1.82) is 0 Å². The number of methoxy groups -OCH3 is 2. The number of hydrogen-bond donors (Lipinski definition) is 0. The zero-order valence-electron chi connectivity index (χ0n) is 13.5. The highest BCUT2D eigenvalue weighted by atomic mass is 16.9. The fourth-order valence-electron chi connectivity index (χ4n) is 2.38. The highest BCUT2D eigenvalue weighted by molar-refractivity contribution is 5.83. The first-order valence-electron chi connectivity index (χ1n) is 7.23. The number of aryl methyl sites for hydroxylation is 1. The molecule has 5 nitrogen and oxygen atoms in total. The summed E-state index contributed by atoms with van der Waals surface area (Å²) in [6, 6.07) is 9.85. The zero-order valence-corrected chi connectivity index (χ0v) is 13.5. The summed E-state index contributed by atoms with van der Waals surface area (Å²) in [7, 11) is 2.73. The Labute approximate surface area is 136 Å². The van der Waals surface area contributed by atoms with Crippen LogP contribution in [0.3, 0.4) is 0 Å². The number of rotatable bonds is 5. The Balaban J connectivity index is 2.29. The molecule has 2 unspecified atom stereocenters. The van der Waals surface area contributed by atoms with Crippen molar-refractivity contribution in [3.63, 3.8) is 0 Å². The number of benzene rings is 1. The molecule has 1 saturated heterocycles. The molecule has 0 bridgehead atoms. The molecule has 1 aromatic rings. The lowest BCUT2D eigenvalue weighted by molar-refractivity contribution is -0.315. The number of carbonyl (C=O) groups is 1. The van der Waals surface area contributed by atoms with Gasteiger partial charge in [0.05, 0.1) is 13.2 Å². The summed E-state index contributed by atoms with van der Waals surface area (Å²) in [6.45, 7) is 1.60. The van der Waals surface area contributed by atoms with Gasteiger partial charge in [-0.25, -0.2) is 4.79 Å². The first-order chi connectivity index (χ1) is 11.0. The quantitative estimate of drug-likeness (QED) is 0.474. The van der Waals surface area contributed by atoms with E-state index >= 15 is 0 Å². The van der Waals surface area contributed by atoms with Gasteiger partial charge >= 0.3 is 11.9 Å². The van der Waals surface area contributed by atoms with Gasteiger partial charge in [0.25, 0.3) is 0 Å². The molecule has 1 heterocycles. The molecule has 0 spiro atoms. The van der Waals surface area contributed by atoms with Crippen molar-refractivity contribution in [1.82, 2.24) is 0 Å². The average Bonchev–Trinajstić information content (AvgIpc) is 2.87. The fourth-order valence-corrected chi connectivity index (χ4v) is 2.38. The minimum absolute atomic E-state index is 0.215. The summed E-state index contributed by atoms with van der Waals surface area (Å²) in [4.78, 5) is 11.6. The van der Waals surface area contributed by atoms with Crippen LogP contribution in [0.25, 0.3) is 0 Å². The second kappa shape index (κ2) is 6.86. The topological polar surface area (TPSA) is 54.0 Å². The molecule has 5 heteroatoms. The number of esters is 1. The first-order valence-corrected chi connectivity index (χ1v) is 7.23. The van der Waals surface area contributed by atoms with E-state index < -0.39 is 17.5 Å². The van der Waals surface area contributed by atoms with Crippen LogP contribution in [0, 0.1) is 12.3 Å². The number of terminal acetylenes is 1. The Morgan fingerprint density at radius 2 is 2.04 bits per heavy atom. The van der Waals surface area contributed by atoms with E-state index in [1.807, 2.05) is 30.3 Å². The lowest BCUT2D eigenvalue weighted by Crippen LogP contribution is -2.35. The third kappa shape index (κ3) is 3.73. The maximum Gasteiger partial charge on any atom is 0.334 e. The Kier molecular flexibility index (Phi) is 5.09. The number of ether oxygens (including phenoxy) is 4. The van der Waals surface area contributed by atoms with Crippen molar-refractivity contribution in [3.05, 3.63) is 47.7 Å². The van der Waals surface area contributed by atoms with Crippen LogP contribution >= 0.6 is 0 Å². The van der Waals surface area contributed by atoms with E-state index in [0.717, 1.165) is 5.56 Å². The van der Waals surface area contributed by atoms with E-state index in [9.17, 15) is 4.79 Å². The van der Waals surface area contributed by atoms with E-state index in [2.05, 4.69) is 10.7 Å².